The minimum atomic E-state index is 0.762. The Hall–Kier alpha value is -0.760. The van der Waals surface area contributed by atoms with Crippen molar-refractivity contribution in [2.75, 3.05) is 27.8 Å². The van der Waals surface area contributed by atoms with Crippen molar-refractivity contribution < 1.29 is 4.74 Å². The normalized spacial score (nSPS) is 11.4. The van der Waals surface area contributed by atoms with Gasteiger partial charge in [-0.1, -0.05) is 12.7 Å². The van der Waals surface area contributed by atoms with Crippen molar-refractivity contribution in [3.05, 3.63) is 24.4 Å². The molecule has 0 aliphatic rings. The quantitative estimate of drug-likeness (QED) is 0.560. The molecular formula is C9H17NO. The van der Waals surface area contributed by atoms with Crippen LogP contribution in [0.2, 0.25) is 0 Å². The molecule has 2 heteroatoms. The molecule has 64 valence electrons. The largest absolute Gasteiger partial charge is 0.384 e. The van der Waals surface area contributed by atoms with Gasteiger partial charge in [-0.05, 0) is 6.08 Å². The summed E-state index contributed by atoms with van der Waals surface area (Å²) in [6.07, 6.45) is 4.74. The minimum absolute atomic E-state index is 0.762. The summed E-state index contributed by atoms with van der Waals surface area (Å²) in [7, 11) is 5.75. The monoisotopic (exact) mass is 155 g/mol. The van der Waals surface area contributed by atoms with E-state index in [1.807, 2.05) is 20.2 Å². The van der Waals surface area contributed by atoms with E-state index >= 15 is 0 Å². The molecule has 0 aromatic rings. The van der Waals surface area contributed by atoms with Crippen molar-refractivity contribution >= 4 is 0 Å². The van der Waals surface area contributed by atoms with Crippen LogP contribution in [0.5, 0.6) is 0 Å². The van der Waals surface area contributed by atoms with Crippen molar-refractivity contribution in [2.24, 2.45) is 0 Å². The Labute approximate surface area is 69.2 Å². The number of hydrogen-bond donors (Lipinski definition) is 0. The third kappa shape index (κ3) is 4.62. The van der Waals surface area contributed by atoms with Gasteiger partial charge < -0.3 is 9.64 Å². The molecule has 0 saturated heterocycles. The lowest BCUT2D eigenvalue weighted by Gasteiger charge is -2.16. The van der Waals surface area contributed by atoms with Crippen LogP contribution >= 0.6 is 0 Å². The number of methoxy groups -OCH3 is 1. The zero-order valence-corrected chi connectivity index (χ0v) is 7.63. The lowest BCUT2D eigenvalue weighted by molar-refractivity contribution is 0.196. The molecule has 0 radical (unpaired) electrons. The van der Waals surface area contributed by atoms with Crippen LogP contribution in [-0.4, -0.2) is 32.7 Å². The SMILES string of the molecule is C=C/C=C(/CCOC)N(C)C. The maximum atomic E-state index is 4.97. The Morgan fingerprint density at radius 1 is 1.55 bits per heavy atom. The highest BCUT2D eigenvalue weighted by atomic mass is 16.5. The molecule has 0 N–H and O–H groups in total. The molecule has 0 aliphatic heterocycles. The molecule has 0 unspecified atom stereocenters. The lowest BCUT2D eigenvalue weighted by atomic mass is 10.3. The molecule has 0 atom stereocenters. The Balaban J connectivity index is 3.89. The van der Waals surface area contributed by atoms with Gasteiger partial charge in [-0.15, -0.1) is 0 Å². The van der Waals surface area contributed by atoms with Crippen LogP contribution in [0.25, 0.3) is 0 Å². The highest BCUT2D eigenvalue weighted by Crippen LogP contribution is 2.03. The second kappa shape index (κ2) is 5.98. The maximum absolute atomic E-state index is 4.97. The number of nitrogens with zero attached hydrogens (tertiary/aromatic N) is 1. The van der Waals surface area contributed by atoms with E-state index in [0.717, 1.165) is 13.0 Å². The Bertz CT molecular complexity index is 138. The first kappa shape index (κ1) is 10.2. The van der Waals surface area contributed by atoms with Gasteiger partial charge in [-0.3, -0.25) is 0 Å². The number of ether oxygens (including phenoxy) is 1. The zero-order valence-electron chi connectivity index (χ0n) is 7.63. The van der Waals surface area contributed by atoms with E-state index in [4.69, 9.17) is 4.74 Å². The van der Waals surface area contributed by atoms with Gasteiger partial charge in [-0.2, -0.15) is 0 Å². The second-order valence-electron chi connectivity index (χ2n) is 2.53. The van der Waals surface area contributed by atoms with Crippen LogP contribution < -0.4 is 0 Å². The van der Waals surface area contributed by atoms with E-state index in [2.05, 4.69) is 11.5 Å². The van der Waals surface area contributed by atoms with Crippen molar-refractivity contribution in [2.45, 2.75) is 6.42 Å². The zero-order chi connectivity index (χ0) is 8.69. The fourth-order valence-electron chi connectivity index (χ4n) is 0.799. The summed E-state index contributed by atoms with van der Waals surface area (Å²) in [5.74, 6) is 0. The van der Waals surface area contributed by atoms with Crippen molar-refractivity contribution in [1.82, 2.24) is 4.90 Å². The molecule has 0 spiro atoms. The molecule has 0 saturated carbocycles. The van der Waals surface area contributed by atoms with E-state index < -0.39 is 0 Å². The summed E-state index contributed by atoms with van der Waals surface area (Å²) in [6.45, 7) is 4.41. The molecule has 0 bridgehead atoms. The second-order valence-corrected chi connectivity index (χ2v) is 2.53. The number of allylic oxidation sites excluding steroid dienone is 2. The van der Waals surface area contributed by atoms with E-state index in [0.29, 0.717) is 0 Å². The first-order valence-corrected chi connectivity index (χ1v) is 3.70. The van der Waals surface area contributed by atoms with Gasteiger partial charge in [0.15, 0.2) is 0 Å². The average Bonchev–Trinajstić information content (AvgIpc) is 1.97. The van der Waals surface area contributed by atoms with Gasteiger partial charge >= 0.3 is 0 Å². The van der Waals surface area contributed by atoms with Crippen LogP contribution in [-0.2, 0) is 4.74 Å². The van der Waals surface area contributed by atoms with E-state index in [1.54, 1.807) is 13.2 Å². The van der Waals surface area contributed by atoms with E-state index in [9.17, 15) is 0 Å². The highest BCUT2D eigenvalue weighted by molar-refractivity contribution is 5.08. The first-order chi connectivity index (χ1) is 5.22. The third-order valence-electron chi connectivity index (χ3n) is 1.45. The molecule has 0 amide bonds. The summed E-state index contributed by atoms with van der Waals surface area (Å²) in [5.41, 5.74) is 1.24. The lowest BCUT2D eigenvalue weighted by Crippen LogP contribution is -2.12. The van der Waals surface area contributed by atoms with Gasteiger partial charge in [0.1, 0.15) is 0 Å². The average molecular weight is 155 g/mol. The molecule has 2 nitrogen and oxygen atoms in total. The van der Waals surface area contributed by atoms with Gasteiger partial charge in [0, 0.05) is 33.3 Å². The third-order valence-corrected chi connectivity index (χ3v) is 1.45. The summed E-state index contributed by atoms with van der Waals surface area (Å²) >= 11 is 0. The summed E-state index contributed by atoms with van der Waals surface area (Å²) in [5, 5.41) is 0. The smallest absolute Gasteiger partial charge is 0.0516 e. The van der Waals surface area contributed by atoms with Gasteiger partial charge in [-0.25, -0.2) is 0 Å². The van der Waals surface area contributed by atoms with Crippen LogP contribution in [0.3, 0.4) is 0 Å². The molecule has 0 rings (SSSR count). The van der Waals surface area contributed by atoms with Crippen molar-refractivity contribution in [1.29, 1.82) is 0 Å². The van der Waals surface area contributed by atoms with Gasteiger partial charge in [0.05, 0.1) is 6.61 Å². The fourth-order valence-corrected chi connectivity index (χ4v) is 0.799. The molecule has 0 aromatic carbocycles. The number of hydrogen-bond acceptors (Lipinski definition) is 2. The van der Waals surface area contributed by atoms with Gasteiger partial charge in [0.2, 0.25) is 0 Å². The Kier molecular flexibility index (Phi) is 5.57. The van der Waals surface area contributed by atoms with Crippen LogP contribution in [0, 0.1) is 0 Å². The standard InChI is InChI=1S/C9H17NO/c1-5-6-9(10(2)3)7-8-11-4/h5-6H,1,7-8H2,2-4H3/b9-6-. The number of rotatable bonds is 5. The molecule has 0 heterocycles. The van der Waals surface area contributed by atoms with Crippen molar-refractivity contribution in [3.8, 4) is 0 Å². The molecule has 0 aliphatic carbocycles. The van der Waals surface area contributed by atoms with E-state index in [-0.39, 0.29) is 0 Å². The topological polar surface area (TPSA) is 12.5 Å². The Morgan fingerprint density at radius 2 is 2.18 bits per heavy atom. The molecule has 0 fully saturated rings. The first-order valence-electron chi connectivity index (χ1n) is 3.70. The van der Waals surface area contributed by atoms with E-state index in [1.165, 1.54) is 5.70 Å². The van der Waals surface area contributed by atoms with Crippen molar-refractivity contribution in [3.63, 3.8) is 0 Å². The summed E-state index contributed by atoms with van der Waals surface area (Å²) < 4.78 is 4.97. The summed E-state index contributed by atoms with van der Waals surface area (Å²) in [4.78, 5) is 2.07. The predicted octanol–water partition coefficient (Wildman–Crippen LogP) is 1.65. The fraction of sp³-hybridized carbons (Fsp3) is 0.556. The minimum Gasteiger partial charge on any atom is -0.384 e. The Morgan fingerprint density at radius 3 is 2.55 bits per heavy atom. The van der Waals surface area contributed by atoms with Gasteiger partial charge in [0.25, 0.3) is 0 Å². The molecule has 0 aromatic heterocycles. The molecular weight excluding hydrogens is 138 g/mol. The highest BCUT2D eigenvalue weighted by Gasteiger charge is 1.96. The molecule has 11 heavy (non-hydrogen) atoms. The van der Waals surface area contributed by atoms with Crippen LogP contribution in [0.15, 0.2) is 24.4 Å². The summed E-state index contributed by atoms with van der Waals surface area (Å²) in [6, 6.07) is 0. The predicted molar refractivity (Wildman–Crippen MR) is 48.5 cm³/mol. The van der Waals surface area contributed by atoms with Crippen LogP contribution in [0.4, 0.5) is 0 Å². The van der Waals surface area contributed by atoms with Crippen LogP contribution in [0.1, 0.15) is 6.42 Å². The maximum Gasteiger partial charge on any atom is 0.0516 e.